The van der Waals surface area contributed by atoms with Crippen LogP contribution in [0.2, 0.25) is 0 Å². The Morgan fingerprint density at radius 2 is 1.92 bits per heavy atom. The highest BCUT2D eigenvalue weighted by molar-refractivity contribution is 9.12. The molecule has 13 heavy (non-hydrogen) atoms. The number of hydrogen-bond donors (Lipinski definition) is 0. The first-order valence-electron chi connectivity index (χ1n) is 4.42. The summed E-state index contributed by atoms with van der Waals surface area (Å²) in [6, 6.07) is 0. The summed E-state index contributed by atoms with van der Waals surface area (Å²) in [4.78, 5) is 11.6. The maximum Gasteiger partial charge on any atom is 0.306 e. The Bertz CT molecular complexity index is 160. The molecule has 78 valence electrons. The Kier molecular flexibility index (Phi) is 7.05. The molecular weight excluding hydrogens is 300 g/mol. The van der Waals surface area contributed by atoms with Crippen molar-refractivity contribution in [2.24, 2.45) is 5.92 Å². The Balaban J connectivity index is 3.85. The minimum atomic E-state index is -0.144. The summed E-state index contributed by atoms with van der Waals surface area (Å²) >= 11 is 7.00. The van der Waals surface area contributed by atoms with E-state index in [1.54, 1.807) is 0 Å². The lowest BCUT2D eigenvalue weighted by molar-refractivity contribution is -0.143. The zero-order valence-electron chi connectivity index (χ0n) is 8.22. The van der Waals surface area contributed by atoms with Gasteiger partial charge in [0.1, 0.15) is 0 Å². The fourth-order valence-corrected chi connectivity index (χ4v) is 1.97. The van der Waals surface area contributed by atoms with Crippen LogP contribution in [0.1, 0.15) is 27.2 Å². The molecule has 0 amide bonds. The molecule has 2 unspecified atom stereocenters. The molecule has 0 aliphatic carbocycles. The van der Waals surface area contributed by atoms with Crippen LogP contribution in [0.25, 0.3) is 0 Å². The van der Waals surface area contributed by atoms with Crippen LogP contribution in [0.3, 0.4) is 0 Å². The van der Waals surface area contributed by atoms with Crippen LogP contribution >= 0.6 is 31.9 Å². The van der Waals surface area contributed by atoms with Gasteiger partial charge in [0, 0.05) is 9.65 Å². The highest BCUT2D eigenvalue weighted by Gasteiger charge is 2.22. The van der Waals surface area contributed by atoms with Crippen LogP contribution in [-0.2, 0) is 9.53 Å². The number of carbonyl (C=O) groups is 1. The van der Waals surface area contributed by atoms with E-state index in [2.05, 4.69) is 45.7 Å². The molecule has 0 N–H and O–H groups in total. The Morgan fingerprint density at radius 3 is 2.31 bits per heavy atom. The molecule has 0 rings (SSSR count). The molecule has 0 aromatic carbocycles. The molecule has 2 nitrogen and oxygen atoms in total. The molecule has 0 bridgehead atoms. The van der Waals surface area contributed by atoms with Crippen molar-refractivity contribution in [1.29, 1.82) is 0 Å². The predicted molar refractivity (Wildman–Crippen MR) is 61.5 cm³/mol. The lowest BCUT2D eigenvalue weighted by Gasteiger charge is -2.19. The van der Waals surface area contributed by atoms with Gasteiger partial charge in [0.15, 0.2) is 0 Å². The van der Waals surface area contributed by atoms with Gasteiger partial charge in [-0.05, 0) is 12.8 Å². The van der Waals surface area contributed by atoms with Crippen molar-refractivity contribution >= 4 is 37.8 Å². The zero-order valence-corrected chi connectivity index (χ0v) is 11.4. The number of carbonyl (C=O) groups excluding carboxylic acids is 1. The van der Waals surface area contributed by atoms with E-state index in [-0.39, 0.29) is 10.8 Å². The normalized spacial score (nSPS) is 15.5. The van der Waals surface area contributed by atoms with Crippen molar-refractivity contribution in [1.82, 2.24) is 0 Å². The quantitative estimate of drug-likeness (QED) is 0.575. The van der Waals surface area contributed by atoms with Gasteiger partial charge < -0.3 is 4.74 Å². The fraction of sp³-hybridized carbons (Fsp3) is 0.889. The molecular formula is C9H16Br2O2. The summed E-state index contributed by atoms with van der Waals surface area (Å²) in [7, 11) is 0. The van der Waals surface area contributed by atoms with Gasteiger partial charge in [0.25, 0.3) is 0 Å². The minimum Gasteiger partial charge on any atom is -0.466 e. The van der Waals surface area contributed by atoms with E-state index in [0.717, 1.165) is 0 Å². The number of ether oxygens (including phenoxy) is 1. The lowest BCUT2D eigenvalue weighted by atomic mass is 10.1. The molecule has 0 aliphatic heterocycles. The number of alkyl halides is 2. The van der Waals surface area contributed by atoms with Crippen LogP contribution < -0.4 is 0 Å². The summed E-state index contributed by atoms with van der Waals surface area (Å²) in [6.07, 6.45) is 0.419. The van der Waals surface area contributed by atoms with E-state index >= 15 is 0 Å². The van der Waals surface area contributed by atoms with Crippen molar-refractivity contribution in [3.8, 4) is 0 Å². The van der Waals surface area contributed by atoms with E-state index in [1.165, 1.54) is 0 Å². The third-order valence-electron chi connectivity index (χ3n) is 1.65. The first kappa shape index (κ1) is 13.4. The Labute approximate surface area is 96.7 Å². The number of halogens is 2. The van der Waals surface area contributed by atoms with Crippen LogP contribution in [0.5, 0.6) is 0 Å². The predicted octanol–water partition coefficient (Wildman–Crippen LogP) is 3.12. The summed E-state index contributed by atoms with van der Waals surface area (Å²) in [5.74, 6) is 0.355. The summed E-state index contributed by atoms with van der Waals surface area (Å²) in [5.41, 5.74) is 0. The number of esters is 1. The SMILES string of the molecule is CCOC(=O)CC(Br)C(Br)C(C)C. The van der Waals surface area contributed by atoms with E-state index in [9.17, 15) is 4.79 Å². The van der Waals surface area contributed by atoms with Gasteiger partial charge in [-0.1, -0.05) is 45.7 Å². The van der Waals surface area contributed by atoms with Crippen LogP contribution in [0, 0.1) is 5.92 Å². The van der Waals surface area contributed by atoms with Crippen molar-refractivity contribution in [3.63, 3.8) is 0 Å². The first-order valence-corrected chi connectivity index (χ1v) is 6.25. The maximum absolute atomic E-state index is 11.1. The molecule has 0 fully saturated rings. The molecule has 0 saturated carbocycles. The van der Waals surface area contributed by atoms with Crippen LogP contribution in [0.4, 0.5) is 0 Å². The number of rotatable bonds is 5. The molecule has 0 aromatic heterocycles. The average Bonchev–Trinajstić information content (AvgIpc) is 2.03. The Hall–Kier alpha value is 0.430. The van der Waals surface area contributed by atoms with Gasteiger partial charge in [-0.2, -0.15) is 0 Å². The summed E-state index contributed by atoms with van der Waals surface area (Å²) in [6.45, 7) is 6.49. The van der Waals surface area contributed by atoms with E-state index in [0.29, 0.717) is 23.8 Å². The highest BCUT2D eigenvalue weighted by atomic mass is 79.9. The fourth-order valence-electron chi connectivity index (χ4n) is 0.909. The molecule has 0 aliphatic rings. The lowest BCUT2D eigenvalue weighted by Crippen LogP contribution is -2.23. The second-order valence-electron chi connectivity index (χ2n) is 3.21. The standard InChI is InChI=1S/C9H16Br2O2/c1-4-13-8(12)5-7(10)9(11)6(2)3/h6-7,9H,4-5H2,1-3H3. The van der Waals surface area contributed by atoms with Crippen molar-refractivity contribution < 1.29 is 9.53 Å². The average molecular weight is 316 g/mol. The van der Waals surface area contributed by atoms with Crippen molar-refractivity contribution in [2.75, 3.05) is 6.61 Å². The van der Waals surface area contributed by atoms with Gasteiger partial charge in [-0.25, -0.2) is 0 Å². The van der Waals surface area contributed by atoms with Crippen molar-refractivity contribution in [3.05, 3.63) is 0 Å². The van der Waals surface area contributed by atoms with E-state index in [4.69, 9.17) is 4.74 Å². The van der Waals surface area contributed by atoms with Crippen LogP contribution in [-0.4, -0.2) is 22.2 Å². The third kappa shape index (κ3) is 5.68. The van der Waals surface area contributed by atoms with Gasteiger partial charge in [0.05, 0.1) is 13.0 Å². The van der Waals surface area contributed by atoms with Gasteiger partial charge in [-0.15, -0.1) is 0 Å². The second-order valence-corrected chi connectivity index (χ2v) is 5.45. The molecule has 2 atom stereocenters. The smallest absolute Gasteiger partial charge is 0.306 e. The Morgan fingerprint density at radius 1 is 1.38 bits per heavy atom. The molecule has 0 radical (unpaired) electrons. The summed E-state index contributed by atoms with van der Waals surface area (Å²) in [5, 5.41) is 0. The minimum absolute atomic E-state index is 0.144. The molecule has 0 aromatic rings. The van der Waals surface area contributed by atoms with Gasteiger partial charge in [-0.3, -0.25) is 4.79 Å². The topological polar surface area (TPSA) is 26.3 Å². The monoisotopic (exact) mass is 314 g/mol. The summed E-state index contributed by atoms with van der Waals surface area (Å²) < 4.78 is 4.85. The largest absolute Gasteiger partial charge is 0.466 e. The van der Waals surface area contributed by atoms with E-state index in [1.807, 2.05) is 6.92 Å². The third-order valence-corrected chi connectivity index (χ3v) is 4.95. The number of hydrogen-bond acceptors (Lipinski definition) is 2. The van der Waals surface area contributed by atoms with E-state index < -0.39 is 0 Å². The zero-order chi connectivity index (χ0) is 10.4. The molecule has 4 heteroatoms. The molecule has 0 heterocycles. The van der Waals surface area contributed by atoms with Crippen LogP contribution in [0.15, 0.2) is 0 Å². The second kappa shape index (κ2) is 6.82. The van der Waals surface area contributed by atoms with Gasteiger partial charge >= 0.3 is 5.97 Å². The molecule has 0 saturated heterocycles. The van der Waals surface area contributed by atoms with Gasteiger partial charge in [0.2, 0.25) is 0 Å². The highest BCUT2D eigenvalue weighted by Crippen LogP contribution is 2.24. The first-order chi connectivity index (χ1) is 5.99. The maximum atomic E-state index is 11.1. The van der Waals surface area contributed by atoms with Crippen molar-refractivity contribution in [2.45, 2.75) is 36.8 Å². The molecule has 0 spiro atoms.